The van der Waals surface area contributed by atoms with E-state index in [0.717, 1.165) is 10.4 Å². The van der Waals surface area contributed by atoms with Crippen LogP contribution in [0.3, 0.4) is 0 Å². The van der Waals surface area contributed by atoms with Gasteiger partial charge in [-0.2, -0.15) is 0 Å². The Morgan fingerprint density at radius 2 is 1.93 bits per heavy atom. The predicted molar refractivity (Wildman–Crippen MR) is 116 cm³/mol. The molecule has 0 unspecified atom stereocenters. The van der Waals surface area contributed by atoms with Crippen LogP contribution in [0.15, 0.2) is 24.3 Å². The van der Waals surface area contributed by atoms with Crippen LogP contribution < -0.4 is 10.6 Å². The van der Waals surface area contributed by atoms with E-state index in [1.165, 1.54) is 11.3 Å². The van der Waals surface area contributed by atoms with Gasteiger partial charge < -0.3 is 19.7 Å². The molecule has 0 bridgehead atoms. The molecule has 2 heterocycles. The molecule has 0 aliphatic carbocycles. The van der Waals surface area contributed by atoms with Crippen LogP contribution in [0.1, 0.15) is 34.6 Å². The summed E-state index contributed by atoms with van der Waals surface area (Å²) in [6, 6.07) is 6.23. The Hall–Kier alpha value is -2.78. The summed E-state index contributed by atoms with van der Waals surface area (Å²) in [5.41, 5.74) is 1.64. The SMILES string of the molecule is CCOC(=O)c1c(NC(=O)Nc2cccc(Cl)c2)sc2c1CCN(C(=O)OCC)C2. The number of nitrogens with zero attached hydrogens (tertiary/aromatic N) is 1. The highest BCUT2D eigenvalue weighted by Gasteiger charge is 2.31. The number of ether oxygens (including phenoxy) is 2. The lowest BCUT2D eigenvalue weighted by Gasteiger charge is -2.26. The first-order valence-corrected chi connectivity index (χ1v) is 10.7. The maximum Gasteiger partial charge on any atom is 0.410 e. The third kappa shape index (κ3) is 5.03. The second kappa shape index (κ2) is 9.82. The predicted octanol–water partition coefficient (Wildman–Crippen LogP) is 4.74. The summed E-state index contributed by atoms with van der Waals surface area (Å²) in [4.78, 5) is 39.6. The van der Waals surface area contributed by atoms with Gasteiger partial charge in [-0.1, -0.05) is 17.7 Å². The van der Waals surface area contributed by atoms with E-state index in [0.29, 0.717) is 40.8 Å². The number of anilines is 2. The average Bonchev–Trinajstić information content (AvgIpc) is 3.05. The molecule has 1 aliphatic rings. The van der Waals surface area contributed by atoms with Crippen molar-refractivity contribution in [2.24, 2.45) is 0 Å². The maximum atomic E-state index is 12.6. The van der Waals surface area contributed by atoms with Gasteiger partial charge in [-0.15, -0.1) is 11.3 Å². The molecule has 1 aromatic carbocycles. The minimum absolute atomic E-state index is 0.215. The van der Waals surface area contributed by atoms with Gasteiger partial charge in [-0.05, 0) is 44.0 Å². The van der Waals surface area contributed by atoms with E-state index >= 15 is 0 Å². The quantitative estimate of drug-likeness (QED) is 0.640. The van der Waals surface area contributed by atoms with Gasteiger partial charge in [0.2, 0.25) is 0 Å². The van der Waals surface area contributed by atoms with E-state index in [1.54, 1.807) is 43.0 Å². The molecule has 10 heteroatoms. The number of carbonyl (C=O) groups is 3. The van der Waals surface area contributed by atoms with Crippen LogP contribution in [0.25, 0.3) is 0 Å². The third-order valence-electron chi connectivity index (χ3n) is 4.37. The molecule has 0 radical (unpaired) electrons. The second-order valence-electron chi connectivity index (χ2n) is 6.39. The highest BCUT2D eigenvalue weighted by atomic mass is 35.5. The molecule has 30 heavy (non-hydrogen) atoms. The van der Waals surface area contributed by atoms with Crippen molar-refractivity contribution in [3.8, 4) is 0 Å². The molecule has 3 rings (SSSR count). The van der Waals surface area contributed by atoms with Gasteiger partial charge in [0.05, 0.1) is 25.3 Å². The molecule has 0 fully saturated rings. The molecule has 160 valence electrons. The van der Waals surface area contributed by atoms with Crippen molar-refractivity contribution in [1.82, 2.24) is 4.90 Å². The van der Waals surface area contributed by atoms with E-state index in [4.69, 9.17) is 21.1 Å². The molecule has 1 aliphatic heterocycles. The fourth-order valence-electron chi connectivity index (χ4n) is 3.11. The molecular formula is C20H22ClN3O5S. The minimum atomic E-state index is -0.510. The Morgan fingerprint density at radius 3 is 2.63 bits per heavy atom. The van der Waals surface area contributed by atoms with Crippen molar-refractivity contribution in [2.45, 2.75) is 26.8 Å². The molecule has 8 nitrogen and oxygen atoms in total. The Kier molecular flexibility index (Phi) is 7.17. The fraction of sp³-hybridized carbons (Fsp3) is 0.350. The van der Waals surface area contributed by atoms with Crippen molar-refractivity contribution in [1.29, 1.82) is 0 Å². The van der Waals surface area contributed by atoms with Crippen LogP contribution in [-0.2, 0) is 22.4 Å². The van der Waals surface area contributed by atoms with Gasteiger partial charge in [0.1, 0.15) is 5.00 Å². The molecular weight excluding hydrogens is 430 g/mol. The van der Waals surface area contributed by atoms with Gasteiger partial charge in [-0.3, -0.25) is 5.32 Å². The first kappa shape index (κ1) is 21.9. The van der Waals surface area contributed by atoms with Gasteiger partial charge in [0, 0.05) is 22.1 Å². The highest BCUT2D eigenvalue weighted by molar-refractivity contribution is 7.17. The highest BCUT2D eigenvalue weighted by Crippen LogP contribution is 2.38. The largest absolute Gasteiger partial charge is 0.462 e. The molecule has 0 spiro atoms. The van der Waals surface area contributed by atoms with Crippen LogP contribution in [0.5, 0.6) is 0 Å². The molecule has 0 atom stereocenters. The number of nitrogens with one attached hydrogen (secondary N) is 2. The number of hydrogen-bond donors (Lipinski definition) is 2. The van der Waals surface area contributed by atoms with Crippen LogP contribution >= 0.6 is 22.9 Å². The van der Waals surface area contributed by atoms with Crippen LogP contribution in [0.4, 0.5) is 20.3 Å². The fourth-order valence-corrected chi connectivity index (χ4v) is 4.55. The van der Waals surface area contributed by atoms with E-state index in [9.17, 15) is 14.4 Å². The Balaban J connectivity index is 1.83. The topological polar surface area (TPSA) is 97.0 Å². The van der Waals surface area contributed by atoms with Crippen molar-refractivity contribution < 1.29 is 23.9 Å². The van der Waals surface area contributed by atoms with E-state index < -0.39 is 18.1 Å². The smallest absolute Gasteiger partial charge is 0.410 e. The molecule has 0 saturated carbocycles. The molecule has 3 amide bonds. The zero-order valence-electron chi connectivity index (χ0n) is 16.6. The zero-order chi connectivity index (χ0) is 21.7. The lowest BCUT2D eigenvalue weighted by Crippen LogP contribution is -2.36. The Bertz CT molecular complexity index is 962. The van der Waals surface area contributed by atoms with Gasteiger partial charge >= 0.3 is 18.1 Å². The van der Waals surface area contributed by atoms with Crippen LogP contribution in [0.2, 0.25) is 5.02 Å². The number of urea groups is 1. The van der Waals surface area contributed by atoms with E-state index in [-0.39, 0.29) is 13.2 Å². The summed E-state index contributed by atoms with van der Waals surface area (Å²) in [6.45, 7) is 4.70. The first-order valence-electron chi connectivity index (χ1n) is 9.49. The summed E-state index contributed by atoms with van der Waals surface area (Å²) in [7, 11) is 0. The van der Waals surface area contributed by atoms with Gasteiger partial charge in [0.25, 0.3) is 0 Å². The van der Waals surface area contributed by atoms with Crippen molar-refractivity contribution in [3.05, 3.63) is 45.3 Å². The molecule has 0 saturated heterocycles. The number of benzene rings is 1. The number of hydrogen-bond acceptors (Lipinski definition) is 6. The normalized spacial score (nSPS) is 12.7. The average molecular weight is 452 g/mol. The van der Waals surface area contributed by atoms with Gasteiger partial charge in [0.15, 0.2) is 0 Å². The second-order valence-corrected chi connectivity index (χ2v) is 7.93. The minimum Gasteiger partial charge on any atom is -0.462 e. The summed E-state index contributed by atoms with van der Waals surface area (Å²) >= 11 is 7.20. The lowest BCUT2D eigenvalue weighted by molar-refractivity contribution is 0.0526. The number of thiophene rings is 1. The van der Waals surface area contributed by atoms with Crippen LogP contribution in [-0.4, -0.2) is 42.8 Å². The summed E-state index contributed by atoms with van der Waals surface area (Å²) < 4.78 is 10.3. The van der Waals surface area contributed by atoms with Crippen molar-refractivity contribution in [3.63, 3.8) is 0 Å². The van der Waals surface area contributed by atoms with Gasteiger partial charge in [-0.25, -0.2) is 14.4 Å². The summed E-state index contributed by atoms with van der Waals surface area (Å²) in [6.07, 6.45) is 0.0681. The Labute approximate surface area is 183 Å². The van der Waals surface area contributed by atoms with E-state index in [2.05, 4.69) is 10.6 Å². The van der Waals surface area contributed by atoms with E-state index in [1.807, 2.05) is 0 Å². The van der Waals surface area contributed by atoms with Crippen molar-refractivity contribution >= 4 is 51.7 Å². The number of fused-ring (bicyclic) bond motifs is 1. The molecule has 2 aromatic rings. The molecule has 1 aromatic heterocycles. The standard InChI is InChI=1S/C20H22ClN3O5S/c1-3-28-18(25)16-14-8-9-24(20(27)29-4-2)11-15(14)30-17(16)23-19(26)22-13-7-5-6-12(21)10-13/h5-7,10H,3-4,8-9,11H2,1-2H3,(H2,22,23,26). The number of esters is 1. The number of carbonyl (C=O) groups excluding carboxylic acids is 3. The monoisotopic (exact) mass is 451 g/mol. The Morgan fingerprint density at radius 1 is 1.17 bits per heavy atom. The first-order chi connectivity index (χ1) is 14.4. The van der Waals surface area contributed by atoms with Crippen molar-refractivity contribution in [2.75, 3.05) is 30.4 Å². The summed E-state index contributed by atoms with van der Waals surface area (Å²) in [5.74, 6) is -0.502. The number of rotatable bonds is 5. The third-order valence-corrected chi connectivity index (χ3v) is 5.74. The number of amides is 3. The lowest BCUT2D eigenvalue weighted by atomic mass is 10.0. The molecule has 2 N–H and O–H groups in total. The number of halogens is 1. The van der Waals surface area contributed by atoms with Crippen LogP contribution in [0, 0.1) is 0 Å². The maximum absolute atomic E-state index is 12.6. The summed E-state index contributed by atoms with van der Waals surface area (Å²) in [5, 5.41) is 6.29. The zero-order valence-corrected chi connectivity index (χ0v) is 18.2.